The Hall–Kier alpha value is -3.67. The third kappa shape index (κ3) is 3.44. The molecule has 0 aliphatic heterocycles. The zero-order valence-electron chi connectivity index (χ0n) is 15.3. The van der Waals surface area contributed by atoms with Gasteiger partial charge in [0.15, 0.2) is 0 Å². The number of rotatable bonds is 4. The summed E-state index contributed by atoms with van der Waals surface area (Å²) in [6, 6.07) is 19.0. The Labute approximate surface area is 161 Å². The normalized spacial score (nSPS) is 10.9. The van der Waals surface area contributed by atoms with Crippen molar-refractivity contribution in [3.8, 4) is 0 Å². The SMILES string of the molecule is Cc1c2cc(F)ccc2nn1Cc1ccc(C(=O)Nc2ccccc2N)cc1. The summed E-state index contributed by atoms with van der Waals surface area (Å²) in [6.07, 6.45) is 0. The van der Waals surface area contributed by atoms with Gasteiger partial charge in [0.2, 0.25) is 0 Å². The number of nitrogens with zero attached hydrogens (tertiary/aromatic N) is 2. The summed E-state index contributed by atoms with van der Waals surface area (Å²) in [7, 11) is 0. The van der Waals surface area contributed by atoms with Crippen molar-refractivity contribution in [3.05, 3.63) is 89.4 Å². The second kappa shape index (κ2) is 7.15. The highest BCUT2D eigenvalue weighted by Gasteiger charge is 2.10. The van der Waals surface area contributed by atoms with Gasteiger partial charge < -0.3 is 11.1 Å². The van der Waals surface area contributed by atoms with Crippen LogP contribution < -0.4 is 11.1 Å². The first-order valence-corrected chi connectivity index (χ1v) is 8.89. The van der Waals surface area contributed by atoms with Crippen LogP contribution in [0.25, 0.3) is 10.9 Å². The Kier molecular flexibility index (Phi) is 4.53. The highest BCUT2D eigenvalue weighted by molar-refractivity contribution is 6.05. The number of para-hydroxylation sites is 2. The predicted molar refractivity (Wildman–Crippen MR) is 109 cm³/mol. The minimum Gasteiger partial charge on any atom is -0.397 e. The molecule has 0 saturated carbocycles. The van der Waals surface area contributed by atoms with Crippen LogP contribution in [-0.4, -0.2) is 15.7 Å². The lowest BCUT2D eigenvalue weighted by Crippen LogP contribution is -2.13. The number of aromatic nitrogens is 2. The van der Waals surface area contributed by atoms with Gasteiger partial charge in [-0.05, 0) is 55.0 Å². The molecule has 0 saturated heterocycles. The number of carbonyl (C=O) groups excluding carboxylic acids is 1. The molecule has 0 fully saturated rings. The average molecular weight is 374 g/mol. The first-order valence-electron chi connectivity index (χ1n) is 8.89. The third-order valence-electron chi connectivity index (χ3n) is 4.72. The van der Waals surface area contributed by atoms with Crippen LogP contribution in [0.4, 0.5) is 15.8 Å². The van der Waals surface area contributed by atoms with Crippen molar-refractivity contribution in [3.63, 3.8) is 0 Å². The number of nitrogens with one attached hydrogen (secondary N) is 1. The molecule has 3 N–H and O–H groups in total. The van der Waals surface area contributed by atoms with Crippen molar-refractivity contribution in [2.75, 3.05) is 11.1 Å². The monoisotopic (exact) mass is 374 g/mol. The molecule has 4 aromatic rings. The Bertz CT molecular complexity index is 1170. The fourth-order valence-electron chi connectivity index (χ4n) is 3.12. The number of amides is 1. The van der Waals surface area contributed by atoms with Crippen molar-refractivity contribution in [2.45, 2.75) is 13.5 Å². The molecule has 0 radical (unpaired) electrons. The first-order chi connectivity index (χ1) is 13.5. The van der Waals surface area contributed by atoms with E-state index in [9.17, 15) is 9.18 Å². The fourth-order valence-corrected chi connectivity index (χ4v) is 3.12. The molecule has 0 spiro atoms. The second-order valence-corrected chi connectivity index (χ2v) is 6.64. The molecule has 1 heterocycles. The molecule has 4 rings (SSSR count). The molecule has 0 aliphatic rings. The molecule has 0 atom stereocenters. The van der Waals surface area contributed by atoms with Gasteiger partial charge in [-0.15, -0.1) is 0 Å². The van der Waals surface area contributed by atoms with Gasteiger partial charge in [0.05, 0.1) is 23.4 Å². The van der Waals surface area contributed by atoms with Gasteiger partial charge in [-0.1, -0.05) is 24.3 Å². The van der Waals surface area contributed by atoms with E-state index in [4.69, 9.17) is 5.73 Å². The zero-order valence-corrected chi connectivity index (χ0v) is 15.3. The molecule has 0 bridgehead atoms. The molecular formula is C22H19FN4O. The van der Waals surface area contributed by atoms with E-state index in [1.165, 1.54) is 12.1 Å². The molecule has 3 aromatic carbocycles. The average Bonchev–Trinajstić information content (AvgIpc) is 2.99. The van der Waals surface area contributed by atoms with Crippen molar-refractivity contribution < 1.29 is 9.18 Å². The quantitative estimate of drug-likeness (QED) is 0.521. The number of aryl methyl sites for hydroxylation is 1. The van der Waals surface area contributed by atoms with E-state index in [1.54, 1.807) is 30.3 Å². The number of hydrogen-bond acceptors (Lipinski definition) is 3. The largest absolute Gasteiger partial charge is 0.397 e. The van der Waals surface area contributed by atoms with Gasteiger partial charge in [-0.25, -0.2) is 4.39 Å². The van der Waals surface area contributed by atoms with Crippen LogP contribution in [0.3, 0.4) is 0 Å². The Morgan fingerprint density at radius 1 is 1.11 bits per heavy atom. The molecule has 0 unspecified atom stereocenters. The summed E-state index contributed by atoms with van der Waals surface area (Å²) in [4.78, 5) is 12.4. The predicted octanol–water partition coefficient (Wildman–Crippen LogP) is 4.37. The Morgan fingerprint density at radius 2 is 1.86 bits per heavy atom. The standard InChI is InChI=1S/C22H19FN4O/c1-14-18-12-17(23)10-11-20(18)26-27(14)13-15-6-8-16(9-7-15)22(28)25-21-5-3-2-4-19(21)24/h2-12H,13,24H2,1H3,(H,25,28). The number of nitrogens with two attached hydrogens (primary N) is 1. The number of hydrogen-bond donors (Lipinski definition) is 2. The van der Waals surface area contributed by atoms with E-state index < -0.39 is 0 Å². The lowest BCUT2D eigenvalue weighted by atomic mass is 10.1. The summed E-state index contributed by atoms with van der Waals surface area (Å²) < 4.78 is 15.3. The van der Waals surface area contributed by atoms with E-state index in [1.807, 2.05) is 35.9 Å². The van der Waals surface area contributed by atoms with Gasteiger partial charge in [0.1, 0.15) is 5.82 Å². The lowest BCUT2D eigenvalue weighted by molar-refractivity contribution is 0.102. The van der Waals surface area contributed by atoms with Gasteiger partial charge in [0.25, 0.3) is 5.91 Å². The minimum atomic E-state index is -0.274. The molecule has 5 nitrogen and oxygen atoms in total. The van der Waals surface area contributed by atoms with Crippen LogP contribution in [0.5, 0.6) is 0 Å². The van der Waals surface area contributed by atoms with E-state index in [0.29, 0.717) is 23.5 Å². The van der Waals surface area contributed by atoms with Crippen LogP contribution in [0, 0.1) is 12.7 Å². The van der Waals surface area contributed by atoms with Crippen LogP contribution in [0.2, 0.25) is 0 Å². The molecule has 0 aliphatic carbocycles. The first kappa shape index (κ1) is 17.7. The van der Waals surface area contributed by atoms with Crippen molar-refractivity contribution in [1.29, 1.82) is 0 Å². The van der Waals surface area contributed by atoms with Crippen LogP contribution in [0.15, 0.2) is 66.7 Å². The number of benzene rings is 3. The Morgan fingerprint density at radius 3 is 2.61 bits per heavy atom. The maximum atomic E-state index is 13.5. The molecule has 140 valence electrons. The molecule has 6 heteroatoms. The van der Waals surface area contributed by atoms with Gasteiger partial charge in [0, 0.05) is 16.6 Å². The van der Waals surface area contributed by atoms with Crippen molar-refractivity contribution in [2.24, 2.45) is 0 Å². The lowest BCUT2D eigenvalue weighted by Gasteiger charge is -2.09. The number of fused-ring (bicyclic) bond motifs is 1. The van der Waals surface area contributed by atoms with Gasteiger partial charge in [-0.2, -0.15) is 5.10 Å². The molecule has 1 amide bonds. The minimum absolute atomic E-state index is 0.221. The van der Waals surface area contributed by atoms with E-state index in [2.05, 4.69) is 10.4 Å². The van der Waals surface area contributed by atoms with Crippen LogP contribution in [0.1, 0.15) is 21.6 Å². The summed E-state index contributed by atoms with van der Waals surface area (Å²) in [5.41, 5.74) is 10.2. The molecule has 1 aromatic heterocycles. The number of anilines is 2. The zero-order chi connectivity index (χ0) is 19.7. The summed E-state index contributed by atoms with van der Waals surface area (Å²) in [5.74, 6) is -0.495. The smallest absolute Gasteiger partial charge is 0.255 e. The summed E-state index contributed by atoms with van der Waals surface area (Å²) in [5, 5.41) is 8.14. The summed E-state index contributed by atoms with van der Waals surface area (Å²) in [6.45, 7) is 2.45. The van der Waals surface area contributed by atoms with E-state index in [-0.39, 0.29) is 11.7 Å². The summed E-state index contributed by atoms with van der Waals surface area (Å²) >= 11 is 0. The van der Waals surface area contributed by atoms with Gasteiger partial charge in [-0.3, -0.25) is 9.48 Å². The number of halogens is 1. The highest BCUT2D eigenvalue weighted by Crippen LogP contribution is 2.21. The maximum Gasteiger partial charge on any atom is 0.255 e. The molecule has 28 heavy (non-hydrogen) atoms. The number of carbonyl (C=O) groups is 1. The maximum absolute atomic E-state index is 13.5. The fraction of sp³-hybridized carbons (Fsp3) is 0.0909. The van der Waals surface area contributed by atoms with Crippen molar-refractivity contribution in [1.82, 2.24) is 9.78 Å². The van der Waals surface area contributed by atoms with Crippen LogP contribution >= 0.6 is 0 Å². The van der Waals surface area contributed by atoms with Crippen molar-refractivity contribution >= 4 is 28.2 Å². The van der Waals surface area contributed by atoms with E-state index >= 15 is 0 Å². The number of nitrogen functional groups attached to an aromatic ring is 1. The molecular weight excluding hydrogens is 355 g/mol. The van der Waals surface area contributed by atoms with Gasteiger partial charge >= 0.3 is 0 Å². The van der Waals surface area contributed by atoms with Crippen LogP contribution in [-0.2, 0) is 6.54 Å². The topological polar surface area (TPSA) is 72.9 Å². The highest BCUT2D eigenvalue weighted by atomic mass is 19.1. The second-order valence-electron chi connectivity index (χ2n) is 6.64. The third-order valence-corrected chi connectivity index (χ3v) is 4.72. The Balaban J connectivity index is 1.51. The van der Waals surface area contributed by atoms with E-state index in [0.717, 1.165) is 22.2 Å².